The van der Waals surface area contributed by atoms with E-state index in [4.69, 9.17) is 24.7 Å². The van der Waals surface area contributed by atoms with E-state index in [1.54, 1.807) is 19.3 Å². The lowest BCUT2D eigenvalue weighted by Crippen LogP contribution is -2.70. The highest BCUT2D eigenvalue weighted by Gasteiger charge is 2.79. The zero-order chi connectivity index (χ0) is 25.7. The van der Waals surface area contributed by atoms with E-state index in [1.807, 2.05) is 6.92 Å². The monoisotopic (exact) mass is 511 g/mol. The van der Waals surface area contributed by atoms with E-state index in [0.717, 1.165) is 29.8 Å². The standard InChI is InChI=1S/C27H28F3N5O2/c1-14-20(15-3-4-15)32-24-21(31-14)22(25-11-26(12-25,13-25)27(28,29)30)33-23(34-24)16-7-8-37-18(9-16)17-5-6-19(36)35(2)10-17/h5-6,10,15-16,18H,3-4,7-9,11-13H2,1-2H3/t16-,18+,25?,26?/m1/s1. The summed E-state index contributed by atoms with van der Waals surface area (Å²) < 4.78 is 48.6. The minimum absolute atomic E-state index is 0.0319. The molecule has 4 saturated carbocycles. The van der Waals surface area contributed by atoms with Crippen LogP contribution >= 0.6 is 0 Å². The Morgan fingerprint density at radius 3 is 2.46 bits per heavy atom. The van der Waals surface area contributed by atoms with E-state index < -0.39 is 17.0 Å². The summed E-state index contributed by atoms with van der Waals surface area (Å²) in [6, 6.07) is 3.32. The molecule has 3 aromatic heterocycles. The SMILES string of the molecule is Cc1nc2c(C34CC(C(F)(F)F)(C3)C4)nc([C@@H]3CCO[C@H](c4ccc(=O)n(C)c4)C3)nc2nc1C1CC1. The maximum Gasteiger partial charge on any atom is 0.394 e. The van der Waals surface area contributed by atoms with Crippen LogP contribution in [0, 0.1) is 12.3 Å². The van der Waals surface area contributed by atoms with E-state index in [9.17, 15) is 18.0 Å². The van der Waals surface area contributed by atoms with E-state index in [0.29, 0.717) is 48.0 Å². The first-order valence-corrected chi connectivity index (χ1v) is 13.0. The predicted molar refractivity (Wildman–Crippen MR) is 128 cm³/mol. The number of ether oxygens (including phenoxy) is 1. The highest BCUT2D eigenvalue weighted by Crippen LogP contribution is 2.78. The first kappa shape index (κ1) is 23.3. The first-order chi connectivity index (χ1) is 17.6. The van der Waals surface area contributed by atoms with Gasteiger partial charge in [0.25, 0.3) is 0 Å². The number of alkyl halides is 3. The van der Waals surface area contributed by atoms with E-state index in [2.05, 4.69) is 0 Å². The summed E-state index contributed by atoms with van der Waals surface area (Å²) in [5.41, 5.74) is 2.12. The van der Waals surface area contributed by atoms with Crippen molar-refractivity contribution < 1.29 is 17.9 Å². The molecular weight excluding hydrogens is 483 g/mol. The maximum atomic E-state index is 13.7. The first-order valence-electron chi connectivity index (χ1n) is 13.0. The number of aryl methyl sites for hydroxylation is 2. The van der Waals surface area contributed by atoms with Gasteiger partial charge in [0.1, 0.15) is 11.3 Å². The van der Waals surface area contributed by atoms with Gasteiger partial charge in [-0.15, -0.1) is 0 Å². The highest BCUT2D eigenvalue weighted by molar-refractivity contribution is 5.75. The zero-order valence-electron chi connectivity index (χ0n) is 20.8. The summed E-state index contributed by atoms with van der Waals surface area (Å²) in [6.07, 6.45) is 1.05. The Bertz CT molecular complexity index is 1480. The number of rotatable bonds is 4. The molecule has 5 fully saturated rings. The number of aromatic nitrogens is 5. The number of halogens is 3. The number of hydrogen-bond donors (Lipinski definition) is 0. The van der Waals surface area contributed by atoms with Gasteiger partial charge < -0.3 is 9.30 Å². The Hall–Kier alpha value is -2.88. The van der Waals surface area contributed by atoms with E-state index >= 15 is 0 Å². The van der Waals surface area contributed by atoms with Gasteiger partial charge in [0.05, 0.1) is 28.6 Å². The fraction of sp³-hybridized carbons (Fsp3) is 0.593. The molecule has 10 heteroatoms. The van der Waals surface area contributed by atoms with Gasteiger partial charge in [0, 0.05) is 43.2 Å². The zero-order valence-corrected chi connectivity index (χ0v) is 20.8. The number of fused-ring (bicyclic) bond motifs is 1. The molecule has 2 bridgehead atoms. The molecule has 0 spiro atoms. The van der Waals surface area contributed by atoms with E-state index in [1.165, 1.54) is 10.6 Å². The van der Waals surface area contributed by atoms with Gasteiger partial charge >= 0.3 is 6.18 Å². The molecule has 0 unspecified atom stereocenters. The Morgan fingerprint density at radius 1 is 1.03 bits per heavy atom. The average molecular weight is 512 g/mol. The molecule has 3 aromatic rings. The number of hydrogen-bond acceptors (Lipinski definition) is 6. The third kappa shape index (κ3) is 3.47. The number of nitrogens with zero attached hydrogens (tertiary/aromatic N) is 5. The summed E-state index contributed by atoms with van der Waals surface area (Å²) >= 11 is 0. The van der Waals surface area contributed by atoms with Crippen LogP contribution < -0.4 is 5.56 Å². The minimum Gasteiger partial charge on any atom is -0.373 e. The smallest absolute Gasteiger partial charge is 0.373 e. The molecule has 1 saturated heterocycles. The van der Waals surface area contributed by atoms with Crippen LogP contribution in [-0.4, -0.2) is 37.3 Å². The van der Waals surface area contributed by atoms with Crippen LogP contribution in [0.5, 0.6) is 0 Å². The second kappa shape index (κ2) is 7.58. The number of pyridine rings is 1. The molecule has 0 aromatic carbocycles. The quantitative estimate of drug-likeness (QED) is 0.494. The van der Waals surface area contributed by atoms with Crippen molar-refractivity contribution in [3.63, 3.8) is 0 Å². The van der Waals surface area contributed by atoms with Crippen molar-refractivity contribution in [1.82, 2.24) is 24.5 Å². The van der Waals surface area contributed by atoms with Crippen LogP contribution in [0.25, 0.3) is 11.2 Å². The Balaban J connectivity index is 1.28. The molecule has 2 atom stereocenters. The van der Waals surface area contributed by atoms with Crippen molar-refractivity contribution in [2.75, 3.05) is 6.61 Å². The topological polar surface area (TPSA) is 82.8 Å². The third-order valence-electron chi connectivity index (χ3n) is 8.99. The van der Waals surface area contributed by atoms with Gasteiger partial charge in [-0.05, 0) is 63.5 Å². The summed E-state index contributed by atoms with van der Waals surface area (Å²) in [4.78, 5) is 31.4. The summed E-state index contributed by atoms with van der Waals surface area (Å²) in [5, 5.41) is 0. The molecule has 0 radical (unpaired) electrons. The molecule has 1 aliphatic heterocycles. The van der Waals surface area contributed by atoms with Gasteiger partial charge in [-0.25, -0.2) is 19.9 Å². The summed E-state index contributed by atoms with van der Waals surface area (Å²) in [5.74, 6) is 0.973. The average Bonchev–Trinajstić information content (AvgIpc) is 3.63. The minimum atomic E-state index is -4.19. The maximum absolute atomic E-state index is 13.7. The third-order valence-corrected chi connectivity index (χ3v) is 8.99. The fourth-order valence-corrected chi connectivity index (χ4v) is 6.77. The van der Waals surface area contributed by atoms with Crippen molar-refractivity contribution in [3.8, 4) is 0 Å². The van der Waals surface area contributed by atoms with Crippen LogP contribution in [-0.2, 0) is 17.2 Å². The van der Waals surface area contributed by atoms with Crippen molar-refractivity contribution >= 4 is 11.2 Å². The van der Waals surface area contributed by atoms with Crippen LogP contribution in [0.4, 0.5) is 13.2 Å². The molecule has 37 heavy (non-hydrogen) atoms. The largest absolute Gasteiger partial charge is 0.394 e. The molecule has 8 rings (SSSR count). The molecule has 7 nitrogen and oxygen atoms in total. The van der Waals surface area contributed by atoms with Gasteiger partial charge in [0.15, 0.2) is 5.65 Å². The van der Waals surface area contributed by atoms with Crippen LogP contribution in [0.2, 0.25) is 0 Å². The fourth-order valence-electron chi connectivity index (χ4n) is 6.77. The predicted octanol–water partition coefficient (Wildman–Crippen LogP) is 4.92. The van der Waals surface area contributed by atoms with Gasteiger partial charge in [-0.2, -0.15) is 13.2 Å². The van der Waals surface area contributed by atoms with Crippen LogP contribution in [0.1, 0.15) is 91.4 Å². The lowest BCUT2D eigenvalue weighted by Gasteiger charge is -2.70. The second-order valence-corrected chi connectivity index (χ2v) is 11.7. The molecule has 194 valence electrons. The summed E-state index contributed by atoms with van der Waals surface area (Å²) in [7, 11) is 1.71. The van der Waals surface area contributed by atoms with Crippen LogP contribution in [0.3, 0.4) is 0 Å². The van der Waals surface area contributed by atoms with E-state index in [-0.39, 0.29) is 36.8 Å². The Kier molecular flexibility index (Phi) is 4.77. The summed E-state index contributed by atoms with van der Waals surface area (Å²) in [6.45, 7) is 2.43. The van der Waals surface area contributed by atoms with Crippen molar-refractivity contribution in [2.24, 2.45) is 12.5 Å². The molecule has 4 heterocycles. The van der Waals surface area contributed by atoms with Crippen molar-refractivity contribution in [3.05, 3.63) is 57.2 Å². The molecule has 4 aliphatic carbocycles. The van der Waals surface area contributed by atoms with Crippen molar-refractivity contribution in [2.45, 2.75) is 81.4 Å². The molecule has 5 aliphatic rings. The Labute approximate surface area is 211 Å². The molecule has 0 amide bonds. The lowest BCUT2D eigenvalue weighted by atomic mass is 9.34. The van der Waals surface area contributed by atoms with Gasteiger partial charge in [-0.3, -0.25) is 4.79 Å². The second-order valence-electron chi connectivity index (χ2n) is 11.7. The van der Waals surface area contributed by atoms with Crippen molar-refractivity contribution in [1.29, 1.82) is 0 Å². The highest BCUT2D eigenvalue weighted by atomic mass is 19.4. The Morgan fingerprint density at radius 2 is 1.78 bits per heavy atom. The molecular formula is C27H28F3N5O2. The molecule has 0 N–H and O–H groups in total. The van der Waals surface area contributed by atoms with Gasteiger partial charge in [-0.1, -0.05) is 0 Å². The lowest BCUT2D eigenvalue weighted by molar-refractivity contribution is -0.337. The normalized spacial score (nSPS) is 31.2. The van der Waals surface area contributed by atoms with Crippen LogP contribution in [0.15, 0.2) is 23.1 Å². The van der Waals surface area contributed by atoms with Gasteiger partial charge in [0.2, 0.25) is 5.56 Å².